The molecule has 2 nitrogen and oxygen atoms in total. The van der Waals surface area contributed by atoms with Gasteiger partial charge in [-0.15, -0.1) is 0 Å². The number of rotatable bonds is 7. The van der Waals surface area contributed by atoms with Crippen molar-refractivity contribution in [3.05, 3.63) is 0 Å². The molecular weight excluding hydrogens is 174 g/mol. The van der Waals surface area contributed by atoms with E-state index in [1.165, 1.54) is 0 Å². The molecule has 0 amide bonds. The summed E-state index contributed by atoms with van der Waals surface area (Å²) in [5, 5.41) is 0. The van der Waals surface area contributed by atoms with Gasteiger partial charge in [0.2, 0.25) is 0 Å². The van der Waals surface area contributed by atoms with Crippen molar-refractivity contribution in [2.75, 3.05) is 13.7 Å². The number of hydrogen-bond acceptors (Lipinski definition) is 2. The molecule has 0 aromatic heterocycles. The highest BCUT2D eigenvalue weighted by Gasteiger charge is 2.30. The molecule has 0 rings (SSSR count). The van der Waals surface area contributed by atoms with Gasteiger partial charge in [0, 0.05) is 19.4 Å². The average molecular weight is 199 g/mol. The van der Waals surface area contributed by atoms with Gasteiger partial charge in [-0.1, -0.05) is 27.2 Å². The predicted octanol–water partition coefficient (Wildman–Crippen LogP) is 3.45. The molecule has 84 valence electrons. The van der Waals surface area contributed by atoms with E-state index in [1.807, 2.05) is 7.05 Å². The molecule has 14 heavy (non-hydrogen) atoms. The molecule has 2 heteroatoms. The molecule has 0 aromatic carbocycles. The molecule has 0 heterocycles. The first-order valence-electron chi connectivity index (χ1n) is 5.74. The normalized spacial score (nSPS) is 16.8. The van der Waals surface area contributed by atoms with Crippen molar-refractivity contribution < 1.29 is 4.74 Å². The van der Waals surface area contributed by atoms with Crippen LogP contribution in [0.1, 0.15) is 53.4 Å². The Labute approximate surface area is 88.8 Å². The number of nitrogens with zero attached hydrogens (tertiary/aromatic N) is 1. The molecule has 0 N–H and O–H groups in total. The van der Waals surface area contributed by atoms with Crippen LogP contribution in [0, 0.1) is 0 Å². The fourth-order valence-corrected chi connectivity index (χ4v) is 1.80. The predicted molar refractivity (Wildman–Crippen MR) is 63.2 cm³/mol. The summed E-state index contributed by atoms with van der Waals surface area (Å²) in [6, 6.07) is 0. The largest absolute Gasteiger partial charge is 0.369 e. The van der Waals surface area contributed by atoms with Crippen LogP contribution in [-0.2, 0) is 4.74 Å². The van der Waals surface area contributed by atoms with Crippen LogP contribution in [0.25, 0.3) is 0 Å². The van der Waals surface area contributed by atoms with E-state index >= 15 is 0 Å². The van der Waals surface area contributed by atoms with E-state index in [0.29, 0.717) is 0 Å². The van der Waals surface area contributed by atoms with E-state index in [9.17, 15) is 0 Å². The maximum absolute atomic E-state index is 5.99. The Hall–Kier alpha value is -0.370. The lowest BCUT2D eigenvalue weighted by Gasteiger charge is -2.32. The third-order valence-corrected chi connectivity index (χ3v) is 2.80. The molecule has 0 saturated heterocycles. The minimum Gasteiger partial charge on any atom is -0.369 e. The van der Waals surface area contributed by atoms with Gasteiger partial charge >= 0.3 is 0 Å². The van der Waals surface area contributed by atoms with E-state index in [1.54, 1.807) is 0 Å². The summed E-state index contributed by atoms with van der Waals surface area (Å²) >= 11 is 0. The number of ether oxygens (including phenoxy) is 1. The zero-order valence-corrected chi connectivity index (χ0v) is 10.4. The highest BCUT2D eigenvalue weighted by atomic mass is 16.5. The number of hydrogen-bond donors (Lipinski definition) is 0. The SMILES string of the molecule is CCCOC(CC)(CCC)C(C)=NC. The fraction of sp³-hybridized carbons (Fsp3) is 0.917. The summed E-state index contributed by atoms with van der Waals surface area (Å²) in [6.07, 6.45) is 4.31. The van der Waals surface area contributed by atoms with Gasteiger partial charge in [-0.05, 0) is 26.2 Å². The van der Waals surface area contributed by atoms with Crippen LogP contribution >= 0.6 is 0 Å². The molecule has 1 atom stereocenters. The zero-order chi connectivity index (χ0) is 11.0. The highest BCUT2D eigenvalue weighted by molar-refractivity contribution is 5.90. The molecule has 0 spiro atoms. The summed E-state index contributed by atoms with van der Waals surface area (Å²) in [6.45, 7) is 9.43. The molecule has 0 fully saturated rings. The molecule has 0 radical (unpaired) electrons. The molecule has 0 bridgehead atoms. The number of aliphatic imine (C=N–C) groups is 1. The van der Waals surface area contributed by atoms with Crippen LogP contribution in [0.2, 0.25) is 0 Å². The summed E-state index contributed by atoms with van der Waals surface area (Å²) in [7, 11) is 1.85. The van der Waals surface area contributed by atoms with Crippen molar-refractivity contribution in [3.8, 4) is 0 Å². The van der Waals surface area contributed by atoms with E-state index in [-0.39, 0.29) is 5.60 Å². The van der Waals surface area contributed by atoms with Crippen molar-refractivity contribution in [1.82, 2.24) is 0 Å². The Morgan fingerprint density at radius 2 is 1.86 bits per heavy atom. The summed E-state index contributed by atoms with van der Waals surface area (Å²) in [4.78, 5) is 4.29. The quantitative estimate of drug-likeness (QED) is 0.575. The fourth-order valence-electron chi connectivity index (χ4n) is 1.80. The molecule has 0 saturated carbocycles. The van der Waals surface area contributed by atoms with Crippen molar-refractivity contribution in [2.45, 2.75) is 59.0 Å². The van der Waals surface area contributed by atoms with E-state index in [4.69, 9.17) is 4.74 Å². The van der Waals surface area contributed by atoms with Gasteiger partial charge in [0.25, 0.3) is 0 Å². The van der Waals surface area contributed by atoms with Crippen LogP contribution in [0.15, 0.2) is 4.99 Å². The second-order valence-corrected chi connectivity index (χ2v) is 3.76. The van der Waals surface area contributed by atoms with Crippen LogP contribution in [-0.4, -0.2) is 25.0 Å². The third-order valence-electron chi connectivity index (χ3n) is 2.80. The highest BCUT2D eigenvalue weighted by Crippen LogP contribution is 2.24. The maximum atomic E-state index is 5.99. The summed E-state index contributed by atoms with van der Waals surface area (Å²) in [5.41, 5.74) is 1.04. The van der Waals surface area contributed by atoms with Crippen molar-refractivity contribution in [2.24, 2.45) is 4.99 Å². The van der Waals surface area contributed by atoms with Crippen molar-refractivity contribution in [1.29, 1.82) is 0 Å². The maximum Gasteiger partial charge on any atom is 0.105 e. The zero-order valence-electron chi connectivity index (χ0n) is 10.4. The third kappa shape index (κ3) is 3.41. The minimum absolute atomic E-state index is 0.0977. The second kappa shape index (κ2) is 6.99. The van der Waals surface area contributed by atoms with Gasteiger partial charge < -0.3 is 4.74 Å². The smallest absolute Gasteiger partial charge is 0.105 e. The van der Waals surface area contributed by atoms with Gasteiger partial charge in [0.15, 0.2) is 0 Å². The summed E-state index contributed by atoms with van der Waals surface area (Å²) < 4.78 is 5.99. The monoisotopic (exact) mass is 199 g/mol. The Morgan fingerprint density at radius 1 is 1.21 bits per heavy atom. The van der Waals surface area contributed by atoms with E-state index < -0.39 is 0 Å². The lowest BCUT2D eigenvalue weighted by Crippen LogP contribution is -2.39. The van der Waals surface area contributed by atoms with Crippen LogP contribution in [0.3, 0.4) is 0 Å². The summed E-state index contributed by atoms with van der Waals surface area (Å²) in [5.74, 6) is 0. The standard InChI is InChI=1S/C12H25NO/c1-6-9-12(8-3,11(4)13-5)14-10-7-2/h6-10H2,1-5H3. The van der Waals surface area contributed by atoms with E-state index in [2.05, 4.69) is 32.7 Å². The molecule has 0 aliphatic rings. The average Bonchev–Trinajstić information content (AvgIpc) is 2.23. The lowest BCUT2D eigenvalue weighted by atomic mass is 9.89. The Morgan fingerprint density at radius 3 is 2.21 bits per heavy atom. The molecule has 0 aromatic rings. The van der Waals surface area contributed by atoms with Gasteiger partial charge in [0.1, 0.15) is 5.60 Å². The Kier molecular flexibility index (Phi) is 6.81. The molecule has 0 aliphatic carbocycles. The van der Waals surface area contributed by atoms with Gasteiger partial charge in [-0.3, -0.25) is 4.99 Å². The van der Waals surface area contributed by atoms with Crippen LogP contribution < -0.4 is 0 Å². The first-order valence-corrected chi connectivity index (χ1v) is 5.74. The van der Waals surface area contributed by atoms with Crippen LogP contribution in [0.5, 0.6) is 0 Å². The Bertz CT molecular complexity index is 177. The van der Waals surface area contributed by atoms with Crippen LogP contribution in [0.4, 0.5) is 0 Å². The molecule has 1 unspecified atom stereocenters. The second-order valence-electron chi connectivity index (χ2n) is 3.76. The van der Waals surface area contributed by atoms with E-state index in [0.717, 1.165) is 38.0 Å². The van der Waals surface area contributed by atoms with Gasteiger partial charge in [0.05, 0.1) is 0 Å². The molecular formula is C12H25NO. The van der Waals surface area contributed by atoms with Gasteiger partial charge in [-0.2, -0.15) is 0 Å². The topological polar surface area (TPSA) is 21.6 Å². The first-order chi connectivity index (χ1) is 6.66. The molecule has 0 aliphatic heterocycles. The van der Waals surface area contributed by atoms with Crippen molar-refractivity contribution >= 4 is 5.71 Å². The lowest BCUT2D eigenvalue weighted by molar-refractivity contribution is -0.00221. The van der Waals surface area contributed by atoms with Gasteiger partial charge in [-0.25, -0.2) is 0 Å². The first kappa shape index (κ1) is 13.6. The Balaban J connectivity index is 4.59. The van der Waals surface area contributed by atoms with Crippen molar-refractivity contribution in [3.63, 3.8) is 0 Å². The minimum atomic E-state index is -0.0977.